The fourth-order valence-electron chi connectivity index (χ4n) is 2.05. The zero-order chi connectivity index (χ0) is 11.7. The summed E-state index contributed by atoms with van der Waals surface area (Å²) in [5.74, 6) is 0. The number of hydrogen-bond donors (Lipinski definition) is 0. The van der Waals surface area contributed by atoms with Crippen LogP contribution in [0.25, 0.3) is 0 Å². The fraction of sp³-hybridized carbons (Fsp3) is 0.143. The van der Waals surface area contributed by atoms with Gasteiger partial charge in [-0.15, -0.1) is 0 Å². The first kappa shape index (κ1) is 10.7. The lowest BCUT2D eigenvalue weighted by atomic mass is 10.2. The lowest BCUT2D eigenvalue weighted by Gasteiger charge is -2.31. The molecule has 0 atom stereocenters. The monoisotopic (exact) mass is 243 g/mol. The Kier molecular flexibility index (Phi) is 2.79. The van der Waals surface area contributed by atoms with Crippen molar-refractivity contribution < 1.29 is 4.74 Å². The molecule has 2 aromatic carbocycles. The summed E-state index contributed by atoms with van der Waals surface area (Å²) in [5, 5.41) is 0. The first-order valence-electron chi connectivity index (χ1n) is 5.52. The average molecular weight is 243 g/mol. The maximum atomic E-state index is 5.31. The van der Waals surface area contributed by atoms with Gasteiger partial charge in [-0.2, -0.15) is 0 Å². The number of benzene rings is 2. The molecular weight excluding hydrogens is 230 g/mol. The summed E-state index contributed by atoms with van der Waals surface area (Å²) in [4.78, 5) is 4.77. The van der Waals surface area contributed by atoms with Crippen molar-refractivity contribution in [1.82, 2.24) is 0 Å². The SMILES string of the molecule is COCN1c2ccccc2Sc2ccccc21. The molecule has 0 amide bonds. The van der Waals surface area contributed by atoms with Gasteiger partial charge in [-0.05, 0) is 24.3 Å². The molecule has 0 bridgehead atoms. The fourth-order valence-corrected chi connectivity index (χ4v) is 3.15. The van der Waals surface area contributed by atoms with Crippen LogP contribution in [0.4, 0.5) is 11.4 Å². The van der Waals surface area contributed by atoms with Gasteiger partial charge in [0, 0.05) is 16.9 Å². The van der Waals surface area contributed by atoms with Crippen molar-refractivity contribution in [2.45, 2.75) is 9.79 Å². The van der Waals surface area contributed by atoms with Crippen LogP contribution in [0, 0.1) is 0 Å². The maximum absolute atomic E-state index is 5.31. The van der Waals surface area contributed by atoms with Gasteiger partial charge in [-0.3, -0.25) is 0 Å². The smallest absolute Gasteiger partial charge is 0.123 e. The minimum absolute atomic E-state index is 0.578. The minimum Gasteiger partial charge on any atom is -0.364 e. The second-order valence-corrected chi connectivity index (χ2v) is 4.97. The quantitative estimate of drug-likeness (QED) is 0.794. The molecule has 2 aromatic rings. The van der Waals surface area contributed by atoms with E-state index in [4.69, 9.17) is 4.74 Å². The molecule has 0 saturated heterocycles. The number of para-hydroxylation sites is 2. The van der Waals surface area contributed by atoms with E-state index < -0.39 is 0 Å². The molecule has 1 aliphatic heterocycles. The van der Waals surface area contributed by atoms with E-state index in [1.807, 2.05) is 11.8 Å². The number of hydrogen-bond acceptors (Lipinski definition) is 3. The zero-order valence-corrected chi connectivity index (χ0v) is 10.4. The Morgan fingerprint density at radius 3 is 2.00 bits per heavy atom. The van der Waals surface area contributed by atoms with E-state index in [2.05, 4.69) is 53.4 Å². The molecule has 0 saturated carbocycles. The van der Waals surface area contributed by atoms with Crippen LogP contribution in [-0.4, -0.2) is 13.8 Å². The second-order valence-electron chi connectivity index (χ2n) is 3.88. The van der Waals surface area contributed by atoms with Crippen molar-refractivity contribution in [3.63, 3.8) is 0 Å². The predicted molar refractivity (Wildman–Crippen MR) is 71.0 cm³/mol. The van der Waals surface area contributed by atoms with Gasteiger partial charge in [-0.1, -0.05) is 36.0 Å². The van der Waals surface area contributed by atoms with Crippen LogP contribution >= 0.6 is 11.8 Å². The summed E-state index contributed by atoms with van der Waals surface area (Å²) in [7, 11) is 1.73. The third kappa shape index (κ3) is 1.81. The molecular formula is C14H13NOS. The Labute approximate surface area is 105 Å². The van der Waals surface area contributed by atoms with Gasteiger partial charge in [0.05, 0.1) is 11.4 Å². The molecule has 0 fully saturated rings. The van der Waals surface area contributed by atoms with Crippen LogP contribution in [-0.2, 0) is 4.74 Å². The molecule has 2 nitrogen and oxygen atoms in total. The zero-order valence-electron chi connectivity index (χ0n) is 9.59. The van der Waals surface area contributed by atoms with E-state index in [1.165, 1.54) is 21.2 Å². The highest BCUT2D eigenvalue weighted by atomic mass is 32.2. The van der Waals surface area contributed by atoms with Gasteiger partial charge in [0.25, 0.3) is 0 Å². The van der Waals surface area contributed by atoms with Crippen molar-refractivity contribution in [3.8, 4) is 0 Å². The van der Waals surface area contributed by atoms with Crippen molar-refractivity contribution in [2.24, 2.45) is 0 Å². The molecule has 1 heterocycles. The molecule has 0 radical (unpaired) electrons. The topological polar surface area (TPSA) is 12.5 Å². The number of anilines is 2. The largest absolute Gasteiger partial charge is 0.364 e. The number of rotatable bonds is 2. The molecule has 0 aromatic heterocycles. The van der Waals surface area contributed by atoms with Gasteiger partial charge >= 0.3 is 0 Å². The number of methoxy groups -OCH3 is 1. The molecule has 3 heteroatoms. The summed E-state index contributed by atoms with van der Waals surface area (Å²) in [6.07, 6.45) is 0. The Morgan fingerprint density at radius 2 is 1.47 bits per heavy atom. The highest BCUT2D eigenvalue weighted by molar-refractivity contribution is 7.99. The minimum atomic E-state index is 0.578. The van der Waals surface area contributed by atoms with Crippen LogP contribution in [0.5, 0.6) is 0 Å². The molecule has 0 N–H and O–H groups in total. The van der Waals surface area contributed by atoms with Gasteiger partial charge < -0.3 is 9.64 Å². The summed E-state index contributed by atoms with van der Waals surface area (Å²) < 4.78 is 5.31. The molecule has 1 aliphatic rings. The van der Waals surface area contributed by atoms with Crippen LogP contribution in [0.15, 0.2) is 58.3 Å². The summed E-state index contributed by atoms with van der Waals surface area (Å²) in [5.41, 5.74) is 2.44. The van der Waals surface area contributed by atoms with Gasteiger partial charge in [0.1, 0.15) is 6.73 Å². The Hall–Kier alpha value is -1.45. The van der Waals surface area contributed by atoms with E-state index in [0.717, 1.165) is 0 Å². The molecule has 0 unspecified atom stereocenters. The van der Waals surface area contributed by atoms with Gasteiger partial charge in [-0.25, -0.2) is 0 Å². The van der Waals surface area contributed by atoms with Crippen LogP contribution in [0.3, 0.4) is 0 Å². The Bertz CT molecular complexity index is 496. The van der Waals surface area contributed by atoms with Crippen molar-refractivity contribution >= 4 is 23.1 Å². The van der Waals surface area contributed by atoms with E-state index in [-0.39, 0.29) is 0 Å². The van der Waals surface area contributed by atoms with Gasteiger partial charge in [0.2, 0.25) is 0 Å². The molecule has 0 spiro atoms. The van der Waals surface area contributed by atoms with Crippen molar-refractivity contribution in [1.29, 1.82) is 0 Å². The van der Waals surface area contributed by atoms with E-state index in [1.54, 1.807) is 7.11 Å². The summed E-state index contributed by atoms with van der Waals surface area (Å²) in [6.45, 7) is 0.578. The van der Waals surface area contributed by atoms with E-state index in [9.17, 15) is 0 Å². The number of nitrogens with zero attached hydrogens (tertiary/aromatic N) is 1. The average Bonchev–Trinajstić information content (AvgIpc) is 2.39. The first-order chi connectivity index (χ1) is 8.40. The Balaban J connectivity index is 2.13. The lowest BCUT2D eigenvalue weighted by Crippen LogP contribution is -2.22. The maximum Gasteiger partial charge on any atom is 0.123 e. The standard InChI is InChI=1S/C14H13NOS/c1-16-10-15-11-6-2-4-8-13(11)17-14-9-5-3-7-12(14)15/h2-9H,10H2,1H3. The molecule has 0 aliphatic carbocycles. The van der Waals surface area contributed by atoms with Crippen LogP contribution in [0.2, 0.25) is 0 Å². The van der Waals surface area contributed by atoms with E-state index in [0.29, 0.717) is 6.73 Å². The molecule has 3 rings (SSSR count). The number of fused-ring (bicyclic) bond motifs is 2. The van der Waals surface area contributed by atoms with Crippen LogP contribution < -0.4 is 4.90 Å². The van der Waals surface area contributed by atoms with Crippen LogP contribution in [0.1, 0.15) is 0 Å². The van der Waals surface area contributed by atoms with E-state index >= 15 is 0 Å². The van der Waals surface area contributed by atoms with Crippen molar-refractivity contribution in [2.75, 3.05) is 18.7 Å². The summed E-state index contributed by atoms with van der Waals surface area (Å²) >= 11 is 1.81. The first-order valence-corrected chi connectivity index (χ1v) is 6.34. The second kappa shape index (κ2) is 4.43. The third-order valence-corrected chi connectivity index (χ3v) is 3.92. The Morgan fingerprint density at radius 1 is 0.941 bits per heavy atom. The van der Waals surface area contributed by atoms with Crippen molar-refractivity contribution in [3.05, 3.63) is 48.5 Å². The highest BCUT2D eigenvalue weighted by Crippen LogP contribution is 2.47. The summed E-state index contributed by atoms with van der Waals surface area (Å²) in [6, 6.07) is 16.9. The highest BCUT2D eigenvalue weighted by Gasteiger charge is 2.21. The van der Waals surface area contributed by atoms with Gasteiger partial charge in [0.15, 0.2) is 0 Å². The predicted octanol–water partition coefficient (Wildman–Crippen LogP) is 3.89. The number of ether oxygens (including phenoxy) is 1. The normalized spacial score (nSPS) is 13.1. The molecule has 17 heavy (non-hydrogen) atoms. The third-order valence-electron chi connectivity index (χ3n) is 2.79. The molecule has 86 valence electrons. The lowest BCUT2D eigenvalue weighted by molar-refractivity contribution is 0.205.